The van der Waals surface area contributed by atoms with Crippen LogP contribution in [0.3, 0.4) is 0 Å². The first-order valence-electron chi connectivity index (χ1n) is 11.4. The van der Waals surface area contributed by atoms with Crippen LogP contribution in [-0.4, -0.2) is 62.6 Å². The van der Waals surface area contributed by atoms with E-state index in [-0.39, 0.29) is 23.8 Å². The standard InChI is InChI=1S/C24H32N4O7S/c1-5-6-14-25-24(30)18(2)26(16-19-10-12-22(35-3)13-11-19)23(29)17-27(36(4,33)34)20-8-7-9-21(15-20)28(31)32/h7-13,15,18H,5-6,14,16-17H2,1-4H3,(H,25,30)/t18-/m1/s1. The third-order valence-corrected chi connectivity index (χ3v) is 6.66. The van der Waals surface area contributed by atoms with Crippen molar-refractivity contribution >= 4 is 33.2 Å². The predicted molar refractivity (Wildman–Crippen MR) is 136 cm³/mol. The van der Waals surface area contributed by atoms with E-state index in [1.54, 1.807) is 31.2 Å². The van der Waals surface area contributed by atoms with Gasteiger partial charge in [-0.05, 0) is 37.1 Å². The van der Waals surface area contributed by atoms with E-state index in [1.165, 1.54) is 30.2 Å². The normalized spacial score (nSPS) is 11.9. The van der Waals surface area contributed by atoms with Gasteiger partial charge < -0.3 is 15.0 Å². The molecule has 0 saturated heterocycles. The van der Waals surface area contributed by atoms with Crippen LogP contribution in [0, 0.1) is 10.1 Å². The SMILES string of the molecule is CCCCNC(=O)[C@@H](C)N(Cc1ccc(OC)cc1)C(=O)CN(c1cccc([N+](=O)[O-])c1)S(C)(=O)=O. The number of amides is 2. The second kappa shape index (κ2) is 12.9. The summed E-state index contributed by atoms with van der Waals surface area (Å²) in [6, 6.07) is 11.1. The van der Waals surface area contributed by atoms with E-state index < -0.39 is 33.4 Å². The van der Waals surface area contributed by atoms with Gasteiger partial charge in [0.25, 0.3) is 5.69 Å². The number of hydrogen-bond donors (Lipinski definition) is 1. The minimum atomic E-state index is -3.99. The van der Waals surface area contributed by atoms with E-state index in [9.17, 15) is 28.1 Å². The molecule has 0 aromatic heterocycles. The van der Waals surface area contributed by atoms with Crippen LogP contribution in [0.5, 0.6) is 5.75 Å². The topological polar surface area (TPSA) is 139 Å². The molecule has 2 aromatic rings. The number of non-ortho nitro benzene ring substituents is 1. The van der Waals surface area contributed by atoms with Crippen LogP contribution >= 0.6 is 0 Å². The zero-order valence-corrected chi connectivity index (χ0v) is 21.7. The smallest absolute Gasteiger partial charge is 0.271 e. The summed E-state index contributed by atoms with van der Waals surface area (Å²) >= 11 is 0. The summed E-state index contributed by atoms with van der Waals surface area (Å²) in [5.41, 5.74) is 0.371. The van der Waals surface area contributed by atoms with E-state index >= 15 is 0 Å². The van der Waals surface area contributed by atoms with Crippen molar-refractivity contribution in [1.82, 2.24) is 10.2 Å². The molecule has 11 nitrogen and oxygen atoms in total. The molecule has 0 aliphatic rings. The van der Waals surface area contributed by atoms with E-state index in [2.05, 4.69) is 5.32 Å². The Morgan fingerprint density at radius 3 is 2.39 bits per heavy atom. The van der Waals surface area contributed by atoms with Crippen molar-refractivity contribution in [2.45, 2.75) is 39.3 Å². The van der Waals surface area contributed by atoms with Gasteiger partial charge in [-0.25, -0.2) is 8.42 Å². The minimum Gasteiger partial charge on any atom is -0.497 e. The molecule has 196 valence electrons. The molecule has 2 aromatic carbocycles. The summed E-state index contributed by atoms with van der Waals surface area (Å²) < 4.78 is 31.1. The Kier molecular flexibility index (Phi) is 10.2. The summed E-state index contributed by atoms with van der Waals surface area (Å²) in [6.07, 6.45) is 2.57. The number of nitrogens with one attached hydrogen (secondary N) is 1. The molecule has 2 rings (SSSR count). The number of carbonyl (C=O) groups excluding carboxylic acids is 2. The van der Waals surface area contributed by atoms with E-state index in [1.807, 2.05) is 6.92 Å². The average molecular weight is 521 g/mol. The second-order valence-corrected chi connectivity index (χ2v) is 10.1. The highest BCUT2D eigenvalue weighted by atomic mass is 32.2. The van der Waals surface area contributed by atoms with Crippen molar-refractivity contribution in [2.24, 2.45) is 0 Å². The van der Waals surface area contributed by atoms with Crippen LogP contribution in [0.25, 0.3) is 0 Å². The summed E-state index contributed by atoms with van der Waals surface area (Å²) in [6.45, 7) is 3.41. The summed E-state index contributed by atoms with van der Waals surface area (Å²) in [4.78, 5) is 38.1. The molecule has 0 saturated carbocycles. The zero-order chi connectivity index (χ0) is 26.9. The first kappa shape index (κ1) is 28.6. The fourth-order valence-electron chi connectivity index (χ4n) is 3.42. The van der Waals surface area contributed by atoms with Crippen LogP contribution < -0.4 is 14.4 Å². The molecule has 0 aliphatic heterocycles. The largest absolute Gasteiger partial charge is 0.497 e. The lowest BCUT2D eigenvalue weighted by Gasteiger charge is -2.31. The van der Waals surface area contributed by atoms with Crippen molar-refractivity contribution < 1.29 is 27.7 Å². The van der Waals surface area contributed by atoms with E-state index in [4.69, 9.17) is 4.74 Å². The number of nitro groups is 1. The van der Waals surface area contributed by atoms with Gasteiger partial charge in [0.2, 0.25) is 21.8 Å². The highest BCUT2D eigenvalue weighted by Gasteiger charge is 2.30. The summed E-state index contributed by atoms with van der Waals surface area (Å²) in [7, 11) is -2.46. The van der Waals surface area contributed by atoms with Gasteiger partial charge in [0.15, 0.2) is 0 Å². The molecule has 0 spiro atoms. The Morgan fingerprint density at radius 2 is 1.83 bits per heavy atom. The van der Waals surface area contributed by atoms with Gasteiger partial charge in [-0.3, -0.25) is 24.0 Å². The van der Waals surface area contributed by atoms with Gasteiger partial charge in [-0.2, -0.15) is 0 Å². The first-order chi connectivity index (χ1) is 17.0. The van der Waals surface area contributed by atoms with Crippen LogP contribution in [0.1, 0.15) is 32.3 Å². The molecule has 0 unspecified atom stereocenters. The van der Waals surface area contributed by atoms with Crippen LogP contribution in [0.4, 0.5) is 11.4 Å². The lowest BCUT2D eigenvalue weighted by Crippen LogP contribution is -2.51. The molecular weight excluding hydrogens is 488 g/mol. The molecule has 1 N–H and O–H groups in total. The molecular formula is C24H32N4O7S. The second-order valence-electron chi connectivity index (χ2n) is 8.24. The van der Waals surface area contributed by atoms with Crippen molar-refractivity contribution in [3.8, 4) is 5.75 Å². The lowest BCUT2D eigenvalue weighted by molar-refractivity contribution is -0.384. The van der Waals surface area contributed by atoms with Gasteiger partial charge in [-0.1, -0.05) is 31.5 Å². The van der Waals surface area contributed by atoms with Crippen molar-refractivity contribution in [3.63, 3.8) is 0 Å². The van der Waals surface area contributed by atoms with Gasteiger partial charge in [-0.15, -0.1) is 0 Å². The first-order valence-corrected chi connectivity index (χ1v) is 13.2. The number of hydrogen-bond acceptors (Lipinski definition) is 7. The predicted octanol–water partition coefficient (Wildman–Crippen LogP) is 2.70. The Bertz CT molecular complexity index is 1170. The highest BCUT2D eigenvalue weighted by molar-refractivity contribution is 7.92. The third kappa shape index (κ3) is 7.94. The molecule has 0 fully saturated rings. The number of carbonyl (C=O) groups is 2. The summed E-state index contributed by atoms with van der Waals surface area (Å²) in [5.74, 6) is -0.386. The minimum absolute atomic E-state index is 0.0236. The maximum Gasteiger partial charge on any atom is 0.271 e. The Balaban J connectivity index is 2.38. The van der Waals surface area contributed by atoms with Gasteiger partial charge in [0.1, 0.15) is 18.3 Å². The molecule has 36 heavy (non-hydrogen) atoms. The maximum absolute atomic E-state index is 13.5. The lowest BCUT2D eigenvalue weighted by atomic mass is 10.1. The highest BCUT2D eigenvalue weighted by Crippen LogP contribution is 2.24. The Morgan fingerprint density at radius 1 is 1.17 bits per heavy atom. The Labute approximate surface area is 211 Å². The monoisotopic (exact) mass is 520 g/mol. The summed E-state index contributed by atoms with van der Waals surface area (Å²) in [5, 5.41) is 14.0. The third-order valence-electron chi connectivity index (χ3n) is 5.52. The number of unbranched alkanes of at least 4 members (excludes halogenated alkanes) is 1. The molecule has 0 aliphatic carbocycles. The quantitative estimate of drug-likeness (QED) is 0.243. The number of anilines is 1. The number of nitro benzene ring substituents is 1. The molecule has 0 radical (unpaired) electrons. The van der Waals surface area contributed by atoms with E-state index in [0.717, 1.165) is 29.5 Å². The number of rotatable bonds is 13. The average Bonchev–Trinajstić information content (AvgIpc) is 2.85. The number of sulfonamides is 1. The van der Waals surface area contributed by atoms with Crippen molar-refractivity contribution in [1.29, 1.82) is 0 Å². The molecule has 12 heteroatoms. The fraction of sp³-hybridized carbons (Fsp3) is 0.417. The molecule has 0 bridgehead atoms. The van der Waals surface area contributed by atoms with Crippen molar-refractivity contribution in [3.05, 3.63) is 64.2 Å². The van der Waals surface area contributed by atoms with Crippen LogP contribution in [0.2, 0.25) is 0 Å². The Hall–Kier alpha value is -3.67. The van der Waals surface area contributed by atoms with Crippen LogP contribution in [-0.2, 0) is 26.2 Å². The van der Waals surface area contributed by atoms with Crippen molar-refractivity contribution in [2.75, 3.05) is 30.8 Å². The molecule has 1 atom stereocenters. The van der Waals surface area contributed by atoms with Gasteiger partial charge in [0, 0.05) is 25.2 Å². The fourth-order valence-corrected chi connectivity index (χ4v) is 4.26. The number of benzene rings is 2. The number of methoxy groups -OCH3 is 1. The molecule has 0 heterocycles. The number of ether oxygens (including phenoxy) is 1. The van der Waals surface area contributed by atoms with Gasteiger partial charge in [0.05, 0.1) is 24.0 Å². The number of nitrogens with zero attached hydrogens (tertiary/aromatic N) is 3. The van der Waals surface area contributed by atoms with Crippen LogP contribution in [0.15, 0.2) is 48.5 Å². The van der Waals surface area contributed by atoms with E-state index in [0.29, 0.717) is 17.9 Å². The maximum atomic E-state index is 13.5. The van der Waals surface area contributed by atoms with Gasteiger partial charge >= 0.3 is 0 Å². The molecule has 2 amide bonds. The zero-order valence-electron chi connectivity index (χ0n) is 20.8.